The van der Waals surface area contributed by atoms with Gasteiger partial charge in [-0.3, -0.25) is 4.79 Å². The highest BCUT2D eigenvalue weighted by atomic mass is 32.1. The van der Waals surface area contributed by atoms with Crippen molar-refractivity contribution in [2.75, 3.05) is 19.5 Å². The van der Waals surface area contributed by atoms with Gasteiger partial charge in [-0.1, -0.05) is 6.07 Å². The van der Waals surface area contributed by atoms with Crippen molar-refractivity contribution in [3.8, 4) is 23.1 Å². The van der Waals surface area contributed by atoms with Gasteiger partial charge < -0.3 is 19.2 Å². The molecule has 3 heterocycles. The van der Waals surface area contributed by atoms with Gasteiger partial charge in [-0.15, -0.1) is 16.4 Å². The lowest BCUT2D eigenvalue weighted by Crippen LogP contribution is -2.17. The molecule has 9 heteroatoms. The van der Waals surface area contributed by atoms with Gasteiger partial charge in [0.25, 0.3) is 5.91 Å². The largest absolute Gasteiger partial charge is 0.493 e. The van der Waals surface area contributed by atoms with E-state index in [-0.39, 0.29) is 5.91 Å². The molecule has 0 fully saturated rings. The molecule has 8 nitrogen and oxygen atoms in total. The molecule has 148 valence electrons. The van der Waals surface area contributed by atoms with Crippen LogP contribution in [0.25, 0.3) is 11.6 Å². The molecule has 1 N–H and O–H groups in total. The lowest BCUT2D eigenvalue weighted by Gasteiger charge is -2.10. The summed E-state index contributed by atoms with van der Waals surface area (Å²) in [4.78, 5) is 18.7. The molecule has 0 saturated heterocycles. The lowest BCUT2D eigenvalue weighted by molar-refractivity contribution is 0.0947. The summed E-state index contributed by atoms with van der Waals surface area (Å²) in [5, 5.41) is 9.53. The number of hydrogen-bond acceptors (Lipinski definition) is 8. The average Bonchev–Trinajstić information content (AvgIpc) is 3.52. The summed E-state index contributed by atoms with van der Waals surface area (Å²) >= 11 is 1.61. The van der Waals surface area contributed by atoms with Crippen molar-refractivity contribution < 1.29 is 18.7 Å². The second kappa shape index (κ2) is 8.19. The van der Waals surface area contributed by atoms with Gasteiger partial charge in [0.1, 0.15) is 0 Å². The number of hydrogen-bond donors (Lipinski definition) is 1. The maximum absolute atomic E-state index is 13.2. The Morgan fingerprint density at radius 1 is 1.17 bits per heavy atom. The Morgan fingerprint density at radius 3 is 2.72 bits per heavy atom. The first-order valence-corrected chi connectivity index (χ1v) is 9.61. The topological polar surface area (TPSA) is 91.4 Å². The molecule has 3 aromatic heterocycles. The minimum atomic E-state index is -0.357. The van der Waals surface area contributed by atoms with Crippen molar-refractivity contribution in [2.45, 2.75) is 6.54 Å². The maximum Gasteiger partial charge on any atom is 0.281 e. The molecule has 0 unspecified atom stereocenters. The molecule has 0 aliphatic carbocycles. The van der Waals surface area contributed by atoms with Crippen LogP contribution in [0.3, 0.4) is 0 Å². The average molecular weight is 410 g/mol. The summed E-state index contributed by atoms with van der Waals surface area (Å²) in [6.45, 7) is 0.521. The fourth-order valence-corrected chi connectivity index (χ4v) is 3.39. The van der Waals surface area contributed by atoms with Crippen molar-refractivity contribution in [2.24, 2.45) is 0 Å². The maximum atomic E-state index is 13.2. The van der Waals surface area contributed by atoms with E-state index in [0.29, 0.717) is 41.1 Å². The number of carbonyl (C=O) groups excluding carboxylic acids is 1. The van der Waals surface area contributed by atoms with Crippen LogP contribution in [0.2, 0.25) is 0 Å². The van der Waals surface area contributed by atoms with Crippen LogP contribution in [0, 0.1) is 0 Å². The van der Waals surface area contributed by atoms with Crippen LogP contribution in [0.5, 0.6) is 11.5 Å². The van der Waals surface area contributed by atoms with E-state index in [9.17, 15) is 4.79 Å². The number of furan rings is 1. The Balaban J connectivity index is 1.69. The summed E-state index contributed by atoms with van der Waals surface area (Å²) in [5.41, 5.74) is 0.387. The number of ether oxygens (including phenoxy) is 2. The van der Waals surface area contributed by atoms with Crippen LogP contribution < -0.4 is 14.8 Å². The molecular formula is C20H18N4O4S. The third kappa shape index (κ3) is 3.85. The van der Waals surface area contributed by atoms with Gasteiger partial charge in [-0.2, -0.15) is 9.67 Å². The molecule has 0 saturated carbocycles. The second-order valence-corrected chi connectivity index (χ2v) is 6.99. The summed E-state index contributed by atoms with van der Waals surface area (Å²) in [7, 11) is 3.06. The molecule has 0 spiro atoms. The number of benzene rings is 1. The van der Waals surface area contributed by atoms with E-state index in [1.54, 1.807) is 48.8 Å². The van der Waals surface area contributed by atoms with E-state index in [1.165, 1.54) is 18.1 Å². The van der Waals surface area contributed by atoms with Crippen molar-refractivity contribution >= 4 is 23.2 Å². The molecule has 1 aromatic carbocycles. The first-order valence-electron chi connectivity index (χ1n) is 8.73. The van der Waals surface area contributed by atoms with Gasteiger partial charge in [0.2, 0.25) is 11.8 Å². The number of carbonyl (C=O) groups is 1. The van der Waals surface area contributed by atoms with Crippen LogP contribution in [0.4, 0.5) is 5.95 Å². The van der Waals surface area contributed by atoms with Gasteiger partial charge in [-0.05, 0) is 41.8 Å². The summed E-state index contributed by atoms with van der Waals surface area (Å²) < 4.78 is 17.1. The minimum Gasteiger partial charge on any atom is -0.493 e. The highest BCUT2D eigenvalue weighted by Crippen LogP contribution is 2.28. The Morgan fingerprint density at radius 2 is 2.03 bits per heavy atom. The van der Waals surface area contributed by atoms with Crippen LogP contribution in [0.15, 0.2) is 58.5 Å². The van der Waals surface area contributed by atoms with E-state index in [4.69, 9.17) is 13.9 Å². The van der Waals surface area contributed by atoms with Gasteiger partial charge >= 0.3 is 0 Å². The van der Waals surface area contributed by atoms with Crippen molar-refractivity contribution in [1.29, 1.82) is 0 Å². The number of nitrogens with zero attached hydrogens (tertiary/aromatic N) is 3. The molecule has 0 aliphatic rings. The molecule has 0 atom stereocenters. The van der Waals surface area contributed by atoms with Gasteiger partial charge in [0.05, 0.1) is 27.0 Å². The molecule has 4 rings (SSSR count). The molecule has 0 bridgehead atoms. The zero-order valence-corrected chi connectivity index (χ0v) is 16.6. The van der Waals surface area contributed by atoms with Crippen molar-refractivity contribution in [3.05, 3.63) is 64.5 Å². The number of thiophene rings is 1. The molecular weight excluding hydrogens is 392 g/mol. The van der Waals surface area contributed by atoms with E-state index < -0.39 is 0 Å². The number of methoxy groups -OCH3 is 2. The summed E-state index contributed by atoms with van der Waals surface area (Å²) in [6.07, 6.45) is 1.53. The zero-order valence-electron chi connectivity index (χ0n) is 15.8. The fraction of sp³-hybridized carbons (Fsp3) is 0.150. The van der Waals surface area contributed by atoms with Crippen molar-refractivity contribution in [1.82, 2.24) is 14.8 Å². The fourth-order valence-electron chi connectivity index (χ4n) is 2.75. The van der Waals surface area contributed by atoms with Crippen LogP contribution in [-0.2, 0) is 6.54 Å². The number of aromatic nitrogens is 3. The van der Waals surface area contributed by atoms with E-state index in [2.05, 4.69) is 15.4 Å². The quantitative estimate of drug-likeness (QED) is 0.494. The molecule has 4 aromatic rings. The highest BCUT2D eigenvalue weighted by Gasteiger charge is 2.21. The molecule has 0 amide bonds. The van der Waals surface area contributed by atoms with E-state index in [1.807, 2.05) is 17.5 Å². The zero-order chi connectivity index (χ0) is 20.2. The Bertz CT molecular complexity index is 1100. The predicted octanol–water partition coefficient (Wildman–Crippen LogP) is 3.92. The van der Waals surface area contributed by atoms with E-state index in [0.717, 1.165) is 4.88 Å². The van der Waals surface area contributed by atoms with E-state index >= 15 is 0 Å². The number of nitrogens with one attached hydrogen (secondary N) is 1. The first kappa shape index (κ1) is 18.8. The van der Waals surface area contributed by atoms with Gasteiger partial charge in [0.15, 0.2) is 17.3 Å². The molecule has 29 heavy (non-hydrogen) atoms. The third-order valence-corrected chi connectivity index (χ3v) is 5.05. The SMILES string of the molecule is COc1ccc(C(=O)n2nc(-c3ccco3)nc2NCc2cccs2)cc1OC. The van der Waals surface area contributed by atoms with Crippen LogP contribution in [-0.4, -0.2) is 34.9 Å². The smallest absolute Gasteiger partial charge is 0.281 e. The number of rotatable bonds is 7. The standard InChI is InChI=1S/C20H18N4O4S/c1-26-15-8-7-13(11-17(15)27-2)19(25)24-20(21-12-14-5-4-10-29-14)22-18(23-24)16-6-3-9-28-16/h3-11H,12H2,1-2H3,(H,21,22,23). The second-order valence-electron chi connectivity index (χ2n) is 5.96. The Hall–Kier alpha value is -3.59. The molecule has 0 radical (unpaired) electrons. The lowest BCUT2D eigenvalue weighted by atomic mass is 10.2. The monoisotopic (exact) mass is 410 g/mol. The first-order chi connectivity index (χ1) is 14.2. The van der Waals surface area contributed by atoms with Crippen LogP contribution >= 0.6 is 11.3 Å². The third-order valence-electron chi connectivity index (χ3n) is 4.17. The van der Waals surface area contributed by atoms with Gasteiger partial charge in [-0.25, -0.2) is 0 Å². The summed E-state index contributed by atoms with van der Waals surface area (Å²) in [5.74, 6) is 1.75. The summed E-state index contributed by atoms with van der Waals surface area (Å²) in [6, 6.07) is 12.4. The minimum absolute atomic E-state index is 0.317. The van der Waals surface area contributed by atoms with Gasteiger partial charge in [0, 0.05) is 10.4 Å². The Labute approximate surface area is 170 Å². The van der Waals surface area contributed by atoms with Crippen molar-refractivity contribution in [3.63, 3.8) is 0 Å². The molecule has 0 aliphatic heterocycles. The normalized spacial score (nSPS) is 10.7. The van der Waals surface area contributed by atoms with Crippen LogP contribution in [0.1, 0.15) is 15.2 Å². The number of anilines is 1. The Kier molecular flexibility index (Phi) is 5.30. The predicted molar refractivity (Wildman–Crippen MR) is 109 cm³/mol. The highest BCUT2D eigenvalue weighted by molar-refractivity contribution is 7.09.